The summed E-state index contributed by atoms with van der Waals surface area (Å²) in [6.07, 6.45) is 5.54. The van der Waals surface area contributed by atoms with E-state index in [0.29, 0.717) is 0 Å². The van der Waals surface area contributed by atoms with E-state index in [2.05, 4.69) is 13.8 Å². The van der Waals surface area contributed by atoms with Gasteiger partial charge in [-0.1, -0.05) is 39.5 Å². The zero-order valence-corrected chi connectivity index (χ0v) is 4.83. The molecule has 0 spiro atoms. The van der Waals surface area contributed by atoms with Gasteiger partial charge in [-0.05, 0) is 0 Å². The zero-order chi connectivity index (χ0) is 4.83. The van der Waals surface area contributed by atoms with E-state index in [1.54, 1.807) is 0 Å². The van der Waals surface area contributed by atoms with E-state index < -0.39 is 0 Å². The maximum absolute atomic E-state index is 2.23. The van der Waals surface area contributed by atoms with Gasteiger partial charge in [-0.3, -0.25) is 0 Å². The molecule has 0 amide bonds. The molecule has 0 aromatic carbocycles. The van der Waals surface area contributed by atoms with Gasteiger partial charge in [0.1, 0.15) is 0 Å². The molecule has 44 valence electrons. The van der Waals surface area contributed by atoms with Crippen molar-refractivity contribution in [2.24, 2.45) is 0 Å². The minimum atomic E-state index is 0. The van der Waals surface area contributed by atoms with Gasteiger partial charge in [0.2, 0.25) is 0 Å². The summed E-state index contributed by atoms with van der Waals surface area (Å²) in [5.41, 5.74) is 0. The summed E-state index contributed by atoms with van der Waals surface area (Å²) in [5, 5.41) is 0. The van der Waals surface area contributed by atoms with Gasteiger partial charge < -0.3 is 0 Å². The van der Waals surface area contributed by atoms with Gasteiger partial charge in [-0.2, -0.15) is 0 Å². The van der Waals surface area contributed by atoms with E-state index in [9.17, 15) is 0 Å². The van der Waals surface area contributed by atoms with Gasteiger partial charge in [0.05, 0.1) is 0 Å². The molecule has 0 rings (SSSR count). The standard InChI is InChI=1S/C6H14.Ca.H2.2H/c1-3-5-6-4-2;;;;/h3-6H2,1-2H3;;1H;;. The van der Waals surface area contributed by atoms with Crippen LogP contribution in [-0.2, 0) is 0 Å². The van der Waals surface area contributed by atoms with Crippen LogP contribution in [0.3, 0.4) is 0 Å². The largest absolute Gasteiger partial charge is 0 e. The van der Waals surface area contributed by atoms with Crippen LogP contribution in [0.1, 0.15) is 41.0 Å². The molecule has 0 unspecified atom stereocenters. The summed E-state index contributed by atoms with van der Waals surface area (Å²) in [5.74, 6) is 0. The predicted molar refractivity (Wildman–Crippen MR) is 40.5 cm³/mol. The fourth-order valence-electron chi connectivity index (χ4n) is 0.500. The van der Waals surface area contributed by atoms with Gasteiger partial charge in [-0.25, -0.2) is 0 Å². The van der Waals surface area contributed by atoms with Crippen molar-refractivity contribution in [3.05, 3.63) is 0 Å². The molecule has 0 nitrogen and oxygen atoms in total. The average molecular weight is 130 g/mol. The molecular formula is C6H18Ca. The van der Waals surface area contributed by atoms with Crippen LogP contribution in [0.5, 0.6) is 0 Å². The van der Waals surface area contributed by atoms with Gasteiger partial charge in [0.25, 0.3) is 0 Å². The van der Waals surface area contributed by atoms with E-state index >= 15 is 0 Å². The Labute approximate surface area is 78.2 Å². The van der Waals surface area contributed by atoms with Crippen molar-refractivity contribution in [3.8, 4) is 0 Å². The van der Waals surface area contributed by atoms with E-state index in [0.717, 1.165) is 0 Å². The minimum absolute atomic E-state index is 0. The molecule has 1 heteroatoms. The Hall–Kier alpha value is 1.26. The Morgan fingerprint density at radius 1 is 1.00 bits per heavy atom. The second-order valence-corrected chi connectivity index (χ2v) is 1.71. The number of hydrogen-bond donors (Lipinski definition) is 0. The van der Waals surface area contributed by atoms with Crippen LogP contribution < -0.4 is 0 Å². The normalized spacial score (nSPS) is 7.71. The number of hydrogen-bond acceptors (Lipinski definition) is 0. The predicted octanol–water partition coefficient (Wildman–Crippen LogP) is 1.92. The van der Waals surface area contributed by atoms with Gasteiger partial charge in [0, 0.05) is 1.43 Å². The number of unbranched alkanes of at least 4 members (excludes halogenated alkanes) is 3. The minimum Gasteiger partial charge on any atom is 0 e. The summed E-state index contributed by atoms with van der Waals surface area (Å²) in [6, 6.07) is 0. The van der Waals surface area contributed by atoms with Gasteiger partial charge in [-0.15, -0.1) is 0 Å². The molecule has 0 saturated carbocycles. The van der Waals surface area contributed by atoms with Gasteiger partial charge in [0.15, 0.2) is 0 Å². The smallest absolute Gasteiger partial charge is 0 e. The SMILES string of the molecule is CCCCCC.[CaH2].[HH]. The van der Waals surface area contributed by atoms with Crippen LogP contribution in [0.15, 0.2) is 0 Å². The average Bonchev–Trinajstić information content (AvgIpc) is 1.61. The first-order valence-electron chi connectivity index (χ1n) is 2.91. The second kappa shape index (κ2) is 10.3. The fraction of sp³-hybridized carbons (Fsp3) is 1.00. The summed E-state index contributed by atoms with van der Waals surface area (Å²) in [7, 11) is 0. The first-order chi connectivity index (χ1) is 2.91. The third-order valence-electron chi connectivity index (χ3n) is 0.957. The van der Waals surface area contributed by atoms with E-state index in [1.165, 1.54) is 25.7 Å². The first-order valence-corrected chi connectivity index (χ1v) is 2.91. The quantitative estimate of drug-likeness (QED) is 0.404. The second-order valence-electron chi connectivity index (χ2n) is 1.71. The maximum Gasteiger partial charge on any atom is 0 e. The Balaban J connectivity index is -0.000000125. The van der Waals surface area contributed by atoms with Crippen LogP contribution >= 0.6 is 0 Å². The molecule has 0 aliphatic heterocycles. The van der Waals surface area contributed by atoms with Crippen LogP contribution in [0, 0.1) is 0 Å². The molecule has 0 aliphatic rings. The van der Waals surface area contributed by atoms with Crippen molar-refractivity contribution in [1.82, 2.24) is 0 Å². The molecule has 7 heavy (non-hydrogen) atoms. The van der Waals surface area contributed by atoms with Crippen LogP contribution in [0.4, 0.5) is 0 Å². The molecule has 0 heterocycles. The van der Waals surface area contributed by atoms with E-state index in [-0.39, 0.29) is 39.2 Å². The Bertz CT molecular complexity index is 20.5. The van der Waals surface area contributed by atoms with Crippen molar-refractivity contribution >= 4 is 37.7 Å². The summed E-state index contributed by atoms with van der Waals surface area (Å²) in [4.78, 5) is 0. The van der Waals surface area contributed by atoms with Crippen LogP contribution in [0.2, 0.25) is 0 Å². The molecule has 0 aromatic heterocycles. The summed E-state index contributed by atoms with van der Waals surface area (Å²) < 4.78 is 0. The molecule has 0 N–H and O–H groups in total. The van der Waals surface area contributed by atoms with E-state index in [1.807, 2.05) is 0 Å². The Morgan fingerprint density at radius 2 is 1.29 bits per heavy atom. The molecule has 0 aliphatic carbocycles. The van der Waals surface area contributed by atoms with Crippen LogP contribution in [0.25, 0.3) is 0 Å². The van der Waals surface area contributed by atoms with Crippen molar-refractivity contribution < 1.29 is 1.43 Å². The van der Waals surface area contributed by atoms with Gasteiger partial charge >= 0.3 is 37.7 Å². The fourth-order valence-corrected chi connectivity index (χ4v) is 0.500. The third kappa shape index (κ3) is 11.1. The molecule has 0 atom stereocenters. The summed E-state index contributed by atoms with van der Waals surface area (Å²) >= 11 is 0. The first kappa shape index (κ1) is 11.1. The Kier molecular flexibility index (Phi) is 16.3. The third-order valence-corrected chi connectivity index (χ3v) is 0.957. The molecule has 0 radical (unpaired) electrons. The van der Waals surface area contributed by atoms with Crippen molar-refractivity contribution in [3.63, 3.8) is 0 Å². The van der Waals surface area contributed by atoms with Crippen LogP contribution in [-0.4, -0.2) is 37.7 Å². The molecule has 0 saturated heterocycles. The molecule has 0 fully saturated rings. The van der Waals surface area contributed by atoms with Crippen molar-refractivity contribution in [2.45, 2.75) is 39.5 Å². The molecular weight excluding hydrogens is 112 g/mol. The Morgan fingerprint density at radius 3 is 1.43 bits per heavy atom. The van der Waals surface area contributed by atoms with Crippen molar-refractivity contribution in [2.75, 3.05) is 0 Å². The van der Waals surface area contributed by atoms with E-state index in [4.69, 9.17) is 0 Å². The number of rotatable bonds is 3. The monoisotopic (exact) mass is 130 g/mol. The molecule has 0 bridgehead atoms. The zero-order valence-electron chi connectivity index (χ0n) is 4.83. The maximum atomic E-state index is 2.23. The molecule has 0 aromatic rings. The van der Waals surface area contributed by atoms with Crippen molar-refractivity contribution in [1.29, 1.82) is 0 Å². The summed E-state index contributed by atoms with van der Waals surface area (Å²) in [6.45, 7) is 4.46. The topological polar surface area (TPSA) is 0 Å².